The molecule has 8 heteroatoms. The second kappa shape index (κ2) is 7.84. The number of anilines is 1. The summed E-state index contributed by atoms with van der Waals surface area (Å²) in [5.74, 6) is 2.29. The van der Waals surface area contributed by atoms with E-state index in [2.05, 4.69) is 25.3 Å². The molecule has 0 spiro atoms. The van der Waals surface area contributed by atoms with Crippen LogP contribution in [0.3, 0.4) is 0 Å². The number of carbonyl (C=O) groups is 1. The Kier molecular flexibility index (Phi) is 5.10. The fourth-order valence-electron chi connectivity index (χ4n) is 3.62. The summed E-state index contributed by atoms with van der Waals surface area (Å²) in [5, 5.41) is 7.46. The molecule has 146 valence electrons. The monoisotopic (exact) mass is 380 g/mol. The summed E-state index contributed by atoms with van der Waals surface area (Å²) in [6.07, 6.45) is 4.98. The van der Waals surface area contributed by atoms with Crippen LogP contribution < -0.4 is 10.2 Å². The number of hydrogen-bond acceptors (Lipinski definition) is 6. The van der Waals surface area contributed by atoms with E-state index >= 15 is 0 Å². The van der Waals surface area contributed by atoms with Gasteiger partial charge in [0.25, 0.3) is 0 Å². The molecule has 0 aromatic carbocycles. The maximum atomic E-state index is 12.6. The van der Waals surface area contributed by atoms with Crippen LogP contribution in [0.4, 0.5) is 5.82 Å². The summed E-state index contributed by atoms with van der Waals surface area (Å²) in [5.41, 5.74) is 1.97. The molecular formula is C20H24N6O2. The Bertz CT molecular complexity index is 950. The number of rotatable bonds is 5. The molecule has 1 aliphatic heterocycles. The summed E-state index contributed by atoms with van der Waals surface area (Å²) >= 11 is 0. The SMILES string of the molecule is Cc1cc(C)n(-c2cc(N3CCC[C@@H](C(=O)NCc4ccco4)C3)ncn2)n1. The van der Waals surface area contributed by atoms with Crippen molar-refractivity contribution in [1.29, 1.82) is 0 Å². The number of aromatic nitrogens is 4. The number of furan rings is 1. The molecule has 1 atom stereocenters. The lowest BCUT2D eigenvalue weighted by atomic mass is 9.97. The third-order valence-corrected chi connectivity index (χ3v) is 5.00. The number of nitrogens with zero attached hydrogens (tertiary/aromatic N) is 5. The molecule has 8 nitrogen and oxygen atoms in total. The Hall–Kier alpha value is -3.16. The first-order chi connectivity index (χ1) is 13.6. The van der Waals surface area contributed by atoms with E-state index in [4.69, 9.17) is 4.42 Å². The standard InChI is InChI=1S/C20H24N6O2/c1-14-9-15(2)26(24-14)19-10-18(22-13-23-19)25-7-3-5-16(12-25)20(27)21-11-17-6-4-8-28-17/h4,6,8-10,13,16H,3,5,7,11-12H2,1-2H3,(H,21,27)/t16-/m1/s1. The molecule has 0 aliphatic carbocycles. The Morgan fingerprint density at radius 1 is 1.29 bits per heavy atom. The van der Waals surface area contributed by atoms with Crippen LogP contribution in [0.5, 0.6) is 0 Å². The van der Waals surface area contributed by atoms with E-state index < -0.39 is 0 Å². The van der Waals surface area contributed by atoms with Crippen molar-refractivity contribution in [2.45, 2.75) is 33.2 Å². The van der Waals surface area contributed by atoms with Crippen LogP contribution in [0.15, 0.2) is 41.3 Å². The molecule has 0 bridgehead atoms. The summed E-state index contributed by atoms with van der Waals surface area (Å²) in [7, 11) is 0. The van der Waals surface area contributed by atoms with Crippen LogP contribution in [-0.4, -0.2) is 38.7 Å². The van der Waals surface area contributed by atoms with Gasteiger partial charge in [-0.15, -0.1) is 0 Å². The van der Waals surface area contributed by atoms with Gasteiger partial charge in [-0.25, -0.2) is 14.6 Å². The van der Waals surface area contributed by atoms with Gasteiger partial charge in [0.1, 0.15) is 17.9 Å². The van der Waals surface area contributed by atoms with Gasteiger partial charge in [-0.05, 0) is 44.9 Å². The van der Waals surface area contributed by atoms with Crippen molar-refractivity contribution in [2.24, 2.45) is 5.92 Å². The predicted octanol–water partition coefficient (Wildman–Crippen LogP) is 2.40. The molecule has 0 saturated carbocycles. The Morgan fingerprint density at radius 2 is 2.14 bits per heavy atom. The number of aryl methyl sites for hydroxylation is 2. The van der Waals surface area contributed by atoms with Crippen molar-refractivity contribution >= 4 is 11.7 Å². The maximum Gasteiger partial charge on any atom is 0.225 e. The van der Waals surface area contributed by atoms with Gasteiger partial charge in [0.2, 0.25) is 5.91 Å². The van der Waals surface area contributed by atoms with Gasteiger partial charge in [0.05, 0.1) is 24.4 Å². The van der Waals surface area contributed by atoms with Crippen LogP contribution in [0.1, 0.15) is 30.0 Å². The highest BCUT2D eigenvalue weighted by molar-refractivity contribution is 5.79. The molecule has 1 saturated heterocycles. The molecule has 3 aromatic heterocycles. The lowest BCUT2D eigenvalue weighted by molar-refractivity contribution is -0.125. The third-order valence-electron chi connectivity index (χ3n) is 5.00. The molecule has 1 fully saturated rings. The zero-order chi connectivity index (χ0) is 19.5. The second-order valence-electron chi connectivity index (χ2n) is 7.16. The molecule has 28 heavy (non-hydrogen) atoms. The minimum Gasteiger partial charge on any atom is -0.467 e. The highest BCUT2D eigenvalue weighted by Gasteiger charge is 2.27. The van der Waals surface area contributed by atoms with Gasteiger partial charge in [-0.2, -0.15) is 5.10 Å². The van der Waals surface area contributed by atoms with Crippen molar-refractivity contribution in [3.8, 4) is 5.82 Å². The lowest BCUT2D eigenvalue weighted by Crippen LogP contribution is -2.43. The normalized spacial score (nSPS) is 16.9. The molecule has 4 rings (SSSR count). The lowest BCUT2D eigenvalue weighted by Gasteiger charge is -2.32. The highest BCUT2D eigenvalue weighted by atomic mass is 16.3. The quantitative estimate of drug-likeness (QED) is 0.731. The van der Waals surface area contributed by atoms with E-state index in [9.17, 15) is 4.79 Å². The topological polar surface area (TPSA) is 89.1 Å². The summed E-state index contributed by atoms with van der Waals surface area (Å²) in [4.78, 5) is 23.5. The first-order valence-corrected chi connectivity index (χ1v) is 9.51. The number of amides is 1. The van der Waals surface area contributed by atoms with Gasteiger partial charge in [0.15, 0.2) is 5.82 Å². The fourth-order valence-corrected chi connectivity index (χ4v) is 3.62. The number of piperidine rings is 1. The summed E-state index contributed by atoms with van der Waals surface area (Å²) in [6, 6.07) is 7.62. The average molecular weight is 380 g/mol. The summed E-state index contributed by atoms with van der Waals surface area (Å²) in [6.45, 7) is 5.88. The molecule has 0 radical (unpaired) electrons. The van der Waals surface area contributed by atoms with E-state index in [0.29, 0.717) is 13.1 Å². The molecule has 3 aromatic rings. The van der Waals surface area contributed by atoms with Gasteiger partial charge in [-0.1, -0.05) is 0 Å². The fraction of sp³-hybridized carbons (Fsp3) is 0.400. The molecule has 4 heterocycles. The van der Waals surface area contributed by atoms with Crippen molar-refractivity contribution in [3.63, 3.8) is 0 Å². The zero-order valence-corrected chi connectivity index (χ0v) is 16.1. The summed E-state index contributed by atoms with van der Waals surface area (Å²) < 4.78 is 7.10. The van der Waals surface area contributed by atoms with Crippen molar-refractivity contribution < 1.29 is 9.21 Å². The van der Waals surface area contributed by atoms with E-state index in [1.165, 1.54) is 0 Å². The minimum absolute atomic E-state index is 0.0499. The first-order valence-electron chi connectivity index (χ1n) is 9.51. The zero-order valence-electron chi connectivity index (χ0n) is 16.1. The van der Waals surface area contributed by atoms with Gasteiger partial charge < -0.3 is 14.6 Å². The largest absolute Gasteiger partial charge is 0.467 e. The first kappa shape index (κ1) is 18.2. The molecular weight excluding hydrogens is 356 g/mol. The second-order valence-corrected chi connectivity index (χ2v) is 7.16. The molecule has 1 N–H and O–H groups in total. The van der Waals surface area contributed by atoms with Crippen molar-refractivity contribution in [3.05, 3.63) is 54.0 Å². The van der Waals surface area contributed by atoms with E-state index in [-0.39, 0.29) is 11.8 Å². The maximum absolute atomic E-state index is 12.6. The van der Waals surface area contributed by atoms with Gasteiger partial charge in [-0.3, -0.25) is 4.79 Å². The van der Waals surface area contributed by atoms with Crippen LogP contribution in [0.25, 0.3) is 5.82 Å². The van der Waals surface area contributed by atoms with Gasteiger partial charge in [0, 0.05) is 24.8 Å². The van der Waals surface area contributed by atoms with E-state index in [0.717, 1.165) is 48.2 Å². The minimum atomic E-state index is -0.0733. The van der Waals surface area contributed by atoms with Crippen LogP contribution in [-0.2, 0) is 11.3 Å². The van der Waals surface area contributed by atoms with Gasteiger partial charge >= 0.3 is 0 Å². The smallest absolute Gasteiger partial charge is 0.225 e. The number of hydrogen-bond donors (Lipinski definition) is 1. The number of carbonyl (C=O) groups excluding carboxylic acids is 1. The Morgan fingerprint density at radius 3 is 2.89 bits per heavy atom. The van der Waals surface area contributed by atoms with Crippen LogP contribution in [0, 0.1) is 19.8 Å². The van der Waals surface area contributed by atoms with Crippen molar-refractivity contribution in [1.82, 2.24) is 25.1 Å². The van der Waals surface area contributed by atoms with E-state index in [1.807, 2.05) is 42.8 Å². The van der Waals surface area contributed by atoms with Crippen molar-refractivity contribution in [2.75, 3.05) is 18.0 Å². The Balaban J connectivity index is 1.45. The third kappa shape index (κ3) is 3.90. The molecule has 1 amide bonds. The molecule has 1 aliphatic rings. The van der Waals surface area contributed by atoms with Crippen LogP contribution in [0.2, 0.25) is 0 Å². The Labute approximate surface area is 163 Å². The highest BCUT2D eigenvalue weighted by Crippen LogP contribution is 2.23. The number of nitrogens with one attached hydrogen (secondary N) is 1. The van der Waals surface area contributed by atoms with Crippen LogP contribution >= 0.6 is 0 Å². The predicted molar refractivity (Wildman–Crippen MR) is 104 cm³/mol. The van der Waals surface area contributed by atoms with E-state index in [1.54, 1.807) is 12.6 Å². The molecule has 0 unspecified atom stereocenters. The average Bonchev–Trinajstić information content (AvgIpc) is 3.35.